The van der Waals surface area contributed by atoms with E-state index in [2.05, 4.69) is 15.1 Å². The maximum absolute atomic E-state index is 12.6. The first kappa shape index (κ1) is 13.8. The van der Waals surface area contributed by atoms with Gasteiger partial charge in [-0.2, -0.15) is 4.98 Å². The monoisotopic (exact) mass is 290 g/mol. The first-order valence-corrected chi connectivity index (χ1v) is 7.21. The lowest BCUT2D eigenvalue weighted by molar-refractivity contribution is 0.0696. The minimum Gasteiger partial charge on any atom is -0.448 e. The summed E-state index contributed by atoms with van der Waals surface area (Å²) in [6.45, 7) is 5.03. The molecule has 0 spiro atoms. The van der Waals surface area contributed by atoms with Crippen molar-refractivity contribution in [3.05, 3.63) is 29.6 Å². The van der Waals surface area contributed by atoms with E-state index in [9.17, 15) is 4.79 Å². The molecule has 2 aromatic rings. The van der Waals surface area contributed by atoms with Crippen LogP contribution in [0.3, 0.4) is 0 Å². The molecule has 1 aliphatic rings. The number of nitrogens with zero attached hydrogens (tertiary/aromatic N) is 4. The minimum absolute atomic E-state index is 0.0782. The Kier molecular flexibility index (Phi) is 3.72. The van der Waals surface area contributed by atoms with Crippen molar-refractivity contribution in [1.82, 2.24) is 20.0 Å². The highest BCUT2D eigenvalue weighted by atomic mass is 16.5. The first-order valence-electron chi connectivity index (χ1n) is 7.21. The normalized spacial score (nSPS) is 19.0. The number of carbonyl (C=O) groups is 1. The molecule has 1 saturated heterocycles. The van der Waals surface area contributed by atoms with Crippen LogP contribution in [0.4, 0.5) is 0 Å². The second kappa shape index (κ2) is 5.67. The third-order valence-corrected chi connectivity index (χ3v) is 3.78. The number of oxazole rings is 1. The Morgan fingerprint density at radius 2 is 2.38 bits per heavy atom. The summed E-state index contributed by atoms with van der Waals surface area (Å²) in [6, 6.07) is 0. The van der Waals surface area contributed by atoms with Crippen molar-refractivity contribution >= 4 is 5.91 Å². The number of piperidine rings is 1. The Labute approximate surface area is 122 Å². The highest BCUT2D eigenvalue weighted by Gasteiger charge is 2.30. The fraction of sp³-hybridized carbons (Fsp3) is 0.571. The molecule has 1 atom stereocenters. The van der Waals surface area contributed by atoms with Gasteiger partial charge >= 0.3 is 0 Å². The van der Waals surface area contributed by atoms with Crippen LogP contribution in [0.15, 0.2) is 15.3 Å². The van der Waals surface area contributed by atoms with E-state index in [1.807, 2.05) is 6.92 Å². The van der Waals surface area contributed by atoms with Gasteiger partial charge < -0.3 is 13.8 Å². The van der Waals surface area contributed by atoms with E-state index < -0.39 is 0 Å². The van der Waals surface area contributed by atoms with Crippen molar-refractivity contribution < 1.29 is 13.7 Å². The Hall–Kier alpha value is -2.18. The van der Waals surface area contributed by atoms with Gasteiger partial charge in [-0.05, 0) is 12.8 Å². The molecule has 3 rings (SSSR count). The van der Waals surface area contributed by atoms with E-state index in [0.29, 0.717) is 36.1 Å². The number of hydrogen-bond acceptors (Lipinski definition) is 6. The number of rotatable bonds is 3. The number of hydrogen-bond donors (Lipinski definition) is 0. The third-order valence-electron chi connectivity index (χ3n) is 3.78. The highest BCUT2D eigenvalue weighted by molar-refractivity contribution is 5.93. The van der Waals surface area contributed by atoms with E-state index >= 15 is 0 Å². The number of aryl methyl sites for hydroxylation is 2. The van der Waals surface area contributed by atoms with Crippen molar-refractivity contribution in [3.63, 3.8) is 0 Å². The summed E-state index contributed by atoms with van der Waals surface area (Å²) in [5.41, 5.74) is 0.419. The van der Waals surface area contributed by atoms with Crippen molar-refractivity contribution in [3.8, 4) is 0 Å². The van der Waals surface area contributed by atoms with E-state index in [1.165, 1.54) is 6.39 Å². The van der Waals surface area contributed by atoms with Crippen molar-refractivity contribution in [2.24, 2.45) is 0 Å². The fourth-order valence-corrected chi connectivity index (χ4v) is 2.70. The number of amides is 1. The molecular formula is C14H18N4O3. The molecule has 0 bridgehead atoms. The smallest absolute Gasteiger partial charge is 0.276 e. The Morgan fingerprint density at radius 1 is 1.52 bits per heavy atom. The third kappa shape index (κ3) is 2.68. The van der Waals surface area contributed by atoms with Gasteiger partial charge in [-0.3, -0.25) is 4.79 Å². The lowest BCUT2D eigenvalue weighted by atomic mass is 9.97. The molecule has 2 aromatic heterocycles. The zero-order chi connectivity index (χ0) is 14.8. The summed E-state index contributed by atoms with van der Waals surface area (Å²) in [5, 5.41) is 3.97. The molecular weight excluding hydrogens is 272 g/mol. The van der Waals surface area contributed by atoms with Gasteiger partial charge in [0.15, 0.2) is 17.9 Å². The maximum atomic E-state index is 12.6. The highest BCUT2D eigenvalue weighted by Crippen LogP contribution is 2.26. The molecule has 0 aliphatic carbocycles. The van der Waals surface area contributed by atoms with Gasteiger partial charge in [0.25, 0.3) is 5.91 Å². The molecule has 1 unspecified atom stereocenters. The predicted octanol–water partition coefficient (Wildman–Crippen LogP) is 1.95. The van der Waals surface area contributed by atoms with E-state index in [0.717, 1.165) is 19.4 Å². The zero-order valence-electron chi connectivity index (χ0n) is 12.2. The standard InChI is InChI=1S/C14H18N4O3/c1-3-11-12(15-8-20-11)14(19)18-6-4-5-10(7-18)13-16-9(2)21-17-13/h8,10H,3-7H2,1-2H3. The second-order valence-electron chi connectivity index (χ2n) is 5.24. The second-order valence-corrected chi connectivity index (χ2v) is 5.24. The molecule has 112 valence electrons. The maximum Gasteiger partial charge on any atom is 0.276 e. The van der Waals surface area contributed by atoms with Crippen LogP contribution in [0.5, 0.6) is 0 Å². The number of aromatic nitrogens is 3. The van der Waals surface area contributed by atoms with Gasteiger partial charge in [0.2, 0.25) is 5.89 Å². The average Bonchev–Trinajstić information content (AvgIpc) is 3.15. The molecule has 3 heterocycles. The molecule has 0 saturated carbocycles. The summed E-state index contributed by atoms with van der Waals surface area (Å²) in [5.74, 6) is 1.92. The van der Waals surface area contributed by atoms with Crippen molar-refractivity contribution in [1.29, 1.82) is 0 Å². The van der Waals surface area contributed by atoms with Crippen LogP contribution in [0, 0.1) is 6.92 Å². The molecule has 21 heavy (non-hydrogen) atoms. The fourth-order valence-electron chi connectivity index (χ4n) is 2.70. The van der Waals surface area contributed by atoms with Gasteiger partial charge in [-0.1, -0.05) is 12.1 Å². The van der Waals surface area contributed by atoms with Crippen LogP contribution >= 0.6 is 0 Å². The number of likely N-dealkylation sites (tertiary alicyclic amines) is 1. The Morgan fingerprint density at radius 3 is 3.10 bits per heavy atom. The largest absolute Gasteiger partial charge is 0.448 e. The molecule has 7 nitrogen and oxygen atoms in total. The molecule has 1 amide bonds. The Bertz CT molecular complexity index is 634. The topological polar surface area (TPSA) is 85.3 Å². The average molecular weight is 290 g/mol. The molecule has 1 fully saturated rings. The quantitative estimate of drug-likeness (QED) is 0.858. The van der Waals surface area contributed by atoms with Crippen LogP contribution in [-0.4, -0.2) is 39.0 Å². The lowest BCUT2D eigenvalue weighted by Gasteiger charge is -2.30. The van der Waals surface area contributed by atoms with Crippen molar-refractivity contribution in [2.75, 3.05) is 13.1 Å². The van der Waals surface area contributed by atoms with E-state index in [1.54, 1.807) is 11.8 Å². The van der Waals surface area contributed by atoms with E-state index in [-0.39, 0.29) is 11.8 Å². The van der Waals surface area contributed by atoms with Crippen LogP contribution in [0.25, 0.3) is 0 Å². The lowest BCUT2D eigenvalue weighted by Crippen LogP contribution is -2.39. The summed E-state index contributed by atoms with van der Waals surface area (Å²) < 4.78 is 10.3. The van der Waals surface area contributed by atoms with Crippen LogP contribution in [0.1, 0.15) is 53.6 Å². The minimum atomic E-state index is -0.0782. The molecule has 0 N–H and O–H groups in total. The molecule has 7 heteroatoms. The van der Waals surface area contributed by atoms with Crippen LogP contribution in [0.2, 0.25) is 0 Å². The van der Waals surface area contributed by atoms with Crippen molar-refractivity contribution in [2.45, 2.75) is 39.0 Å². The first-order chi connectivity index (χ1) is 10.2. The van der Waals surface area contributed by atoms with Gasteiger partial charge in [0.1, 0.15) is 5.76 Å². The molecule has 0 radical (unpaired) electrons. The SMILES string of the molecule is CCc1ocnc1C(=O)N1CCCC(c2noc(C)n2)C1. The summed E-state index contributed by atoms with van der Waals surface area (Å²) in [6.07, 6.45) is 3.87. The van der Waals surface area contributed by atoms with Gasteiger partial charge in [0, 0.05) is 32.4 Å². The van der Waals surface area contributed by atoms with Gasteiger partial charge in [-0.15, -0.1) is 0 Å². The summed E-state index contributed by atoms with van der Waals surface area (Å²) in [7, 11) is 0. The summed E-state index contributed by atoms with van der Waals surface area (Å²) in [4.78, 5) is 22.7. The van der Waals surface area contributed by atoms with Gasteiger partial charge in [-0.25, -0.2) is 4.98 Å². The van der Waals surface area contributed by atoms with Crippen LogP contribution in [-0.2, 0) is 6.42 Å². The van der Waals surface area contributed by atoms with Crippen LogP contribution < -0.4 is 0 Å². The van der Waals surface area contributed by atoms with E-state index in [4.69, 9.17) is 8.94 Å². The molecule has 1 aliphatic heterocycles. The number of carbonyl (C=O) groups excluding carboxylic acids is 1. The summed E-state index contributed by atoms with van der Waals surface area (Å²) >= 11 is 0. The predicted molar refractivity (Wildman–Crippen MR) is 72.8 cm³/mol. The molecule has 0 aromatic carbocycles. The van der Waals surface area contributed by atoms with Gasteiger partial charge in [0.05, 0.1) is 0 Å². The zero-order valence-corrected chi connectivity index (χ0v) is 12.2. The Balaban J connectivity index is 1.75.